The molecular formula is C22H22N4O4S. The molecule has 2 N–H and O–H groups in total. The Labute approximate surface area is 184 Å². The number of anilines is 1. The molecule has 0 aliphatic heterocycles. The van der Waals surface area contributed by atoms with Gasteiger partial charge in [0.15, 0.2) is 17.3 Å². The molecule has 0 fully saturated rings. The maximum atomic E-state index is 12.1. The minimum absolute atomic E-state index is 0.0194. The van der Waals surface area contributed by atoms with E-state index in [0.717, 1.165) is 5.56 Å². The van der Waals surface area contributed by atoms with Crippen molar-refractivity contribution in [3.63, 3.8) is 0 Å². The van der Waals surface area contributed by atoms with Gasteiger partial charge < -0.3 is 14.8 Å². The molecule has 0 saturated carbocycles. The molecule has 0 aliphatic rings. The summed E-state index contributed by atoms with van der Waals surface area (Å²) in [5.74, 6) is 1.82. The molecule has 9 heteroatoms. The zero-order chi connectivity index (χ0) is 22.2. The number of aromatic amines is 1. The Balaban J connectivity index is 1.53. The molecule has 1 amide bonds. The summed E-state index contributed by atoms with van der Waals surface area (Å²) in [6.45, 7) is 1.50. The summed E-state index contributed by atoms with van der Waals surface area (Å²) in [6.07, 6.45) is 3.66. The van der Waals surface area contributed by atoms with E-state index in [1.807, 2.05) is 24.3 Å². The van der Waals surface area contributed by atoms with Gasteiger partial charge in [-0.2, -0.15) is 0 Å². The first-order valence-electron chi connectivity index (χ1n) is 9.34. The number of nitrogens with zero attached hydrogens (tertiary/aromatic N) is 2. The lowest BCUT2D eigenvalue weighted by atomic mass is 10.1. The van der Waals surface area contributed by atoms with Crippen LogP contribution in [0.1, 0.15) is 28.7 Å². The highest BCUT2D eigenvalue weighted by atomic mass is 32.2. The van der Waals surface area contributed by atoms with Crippen LogP contribution in [-0.4, -0.2) is 46.8 Å². The zero-order valence-electron chi connectivity index (χ0n) is 17.3. The SMILES string of the molecule is COc1ccc(/C=C/c2nc(SCC(=O)Nc3ccc(C(C)=O)cc3)n[nH]2)cc1OC. The number of thioether (sulfide) groups is 1. The number of carbonyl (C=O) groups excluding carboxylic acids is 2. The molecule has 0 aliphatic carbocycles. The summed E-state index contributed by atoms with van der Waals surface area (Å²) in [4.78, 5) is 27.8. The topological polar surface area (TPSA) is 106 Å². The monoisotopic (exact) mass is 438 g/mol. The summed E-state index contributed by atoms with van der Waals surface area (Å²) in [6, 6.07) is 12.3. The van der Waals surface area contributed by atoms with Gasteiger partial charge in [0.25, 0.3) is 0 Å². The molecule has 0 unspecified atom stereocenters. The predicted octanol–water partition coefficient (Wildman–Crippen LogP) is 3.93. The smallest absolute Gasteiger partial charge is 0.234 e. The van der Waals surface area contributed by atoms with E-state index >= 15 is 0 Å². The molecule has 160 valence electrons. The molecule has 31 heavy (non-hydrogen) atoms. The van der Waals surface area contributed by atoms with Crippen molar-refractivity contribution >= 4 is 41.3 Å². The van der Waals surface area contributed by atoms with E-state index in [1.165, 1.54) is 18.7 Å². The number of methoxy groups -OCH3 is 2. The number of nitrogens with one attached hydrogen (secondary N) is 2. The molecule has 3 rings (SSSR count). The van der Waals surface area contributed by atoms with E-state index in [1.54, 1.807) is 44.6 Å². The number of H-pyrrole nitrogens is 1. The Morgan fingerprint density at radius 3 is 2.48 bits per heavy atom. The summed E-state index contributed by atoms with van der Waals surface area (Å²) in [5.41, 5.74) is 2.14. The number of amides is 1. The fraction of sp³-hybridized carbons (Fsp3) is 0.182. The van der Waals surface area contributed by atoms with Crippen molar-refractivity contribution in [3.8, 4) is 11.5 Å². The van der Waals surface area contributed by atoms with Crippen molar-refractivity contribution in [2.24, 2.45) is 0 Å². The molecule has 0 radical (unpaired) electrons. The fourth-order valence-electron chi connectivity index (χ4n) is 2.64. The number of ketones is 1. The summed E-state index contributed by atoms with van der Waals surface area (Å²) < 4.78 is 10.5. The second kappa shape index (κ2) is 10.4. The van der Waals surface area contributed by atoms with Crippen LogP contribution in [0.4, 0.5) is 5.69 Å². The van der Waals surface area contributed by atoms with Crippen LogP contribution in [0, 0.1) is 0 Å². The van der Waals surface area contributed by atoms with Gasteiger partial charge in [-0.3, -0.25) is 14.7 Å². The largest absolute Gasteiger partial charge is 0.493 e. The highest BCUT2D eigenvalue weighted by Crippen LogP contribution is 2.28. The number of rotatable bonds is 9. The van der Waals surface area contributed by atoms with Crippen molar-refractivity contribution < 1.29 is 19.1 Å². The number of carbonyl (C=O) groups is 2. The number of Topliss-reactive ketones (excluding diaryl/α,β-unsaturated/α-hetero) is 1. The van der Waals surface area contributed by atoms with Crippen LogP contribution in [-0.2, 0) is 4.79 Å². The maximum Gasteiger partial charge on any atom is 0.234 e. The Bertz CT molecular complexity index is 1090. The molecule has 1 aromatic heterocycles. The average Bonchev–Trinajstić information content (AvgIpc) is 3.24. The number of hydrogen-bond donors (Lipinski definition) is 2. The second-order valence-electron chi connectivity index (χ2n) is 6.42. The summed E-state index contributed by atoms with van der Waals surface area (Å²) in [7, 11) is 3.17. The third kappa shape index (κ3) is 6.19. The van der Waals surface area contributed by atoms with E-state index in [9.17, 15) is 9.59 Å². The molecule has 0 atom stereocenters. The number of benzene rings is 2. The first-order valence-corrected chi connectivity index (χ1v) is 10.3. The zero-order valence-corrected chi connectivity index (χ0v) is 18.2. The van der Waals surface area contributed by atoms with Gasteiger partial charge in [0.1, 0.15) is 5.82 Å². The van der Waals surface area contributed by atoms with Crippen molar-refractivity contribution in [1.82, 2.24) is 15.2 Å². The number of ether oxygens (including phenoxy) is 2. The Hall–Kier alpha value is -3.59. The van der Waals surface area contributed by atoms with Gasteiger partial charge in [-0.05, 0) is 55.0 Å². The third-order valence-electron chi connectivity index (χ3n) is 4.23. The second-order valence-corrected chi connectivity index (χ2v) is 7.36. The Morgan fingerprint density at radius 2 is 1.81 bits per heavy atom. The Kier molecular flexibility index (Phi) is 7.45. The van der Waals surface area contributed by atoms with Gasteiger partial charge in [0.05, 0.1) is 20.0 Å². The molecule has 8 nitrogen and oxygen atoms in total. The van der Waals surface area contributed by atoms with Gasteiger partial charge in [-0.25, -0.2) is 4.98 Å². The van der Waals surface area contributed by atoms with Crippen molar-refractivity contribution in [2.45, 2.75) is 12.1 Å². The minimum Gasteiger partial charge on any atom is -0.493 e. The Morgan fingerprint density at radius 1 is 1.06 bits per heavy atom. The molecule has 3 aromatic rings. The molecule has 0 bridgehead atoms. The van der Waals surface area contributed by atoms with E-state index in [-0.39, 0.29) is 17.4 Å². The normalized spacial score (nSPS) is 10.8. The van der Waals surface area contributed by atoms with Crippen molar-refractivity contribution in [3.05, 3.63) is 59.4 Å². The molecule has 0 spiro atoms. The van der Waals surface area contributed by atoms with Crippen LogP contribution in [0.15, 0.2) is 47.6 Å². The third-order valence-corrected chi connectivity index (χ3v) is 5.08. The van der Waals surface area contributed by atoms with E-state index in [4.69, 9.17) is 9.47 Å². The van der Waals surface area contributed by atoms with Crippen LogP contribution in [0.2, 0.25) is 0 Å². The van der Waals surface area contributed by atoms with E-state index in [2.05, 4.69) is 20.5 Å². The van der Waals surface area contributed by atoms with Gasteiger partial charge in [-0.1, -0.05) is 23.9 Å². The quantitative estimate of drug-likeness (QED) is 0.385. The first-order chi connectivity index (χ1) is 15.0. The van der Waals surface area contributed by atoms with Gasteiger partial charge in [-0.15, -0.1) is 5.10 Å². The van der Waals surface area contributed by atoms with E-state index < -0.39 is 0 Å². The van der Waals surface area contributed by atoms with Crippen molar-refractivity contribution in [2.75, 3.05) is 25.3 Å². The van der Waals surface area contributed by atoms with E-state index in [0.29, 0.717) is 33.7 Å². The number of hydrogen-bond acceptors (Lipinski definition) is 7. The predicted molar refractivity (Wildman–Crippen MR) is 121 cm³/mol. The van der Waals surface area contributed by atoms with Gasteiger partial charge >= 0.3 is 0 Å². The van der Waals surface area contributed by atoms with Crippen LogP contribution in [0.25, 0.3) is 12.2 Å². The highest BCUT2D eigenvalue weighted by molar-refractivity contribution is 7.99. The van der Waals surface area contributed by atoms with Gasteiger partial charge in [0, 0.05) is 11.3 Å². The standard InChI is InChI=1S/C22H22N4O4S/c1-14(27)16-6-8-17(9-7-16)23-21(28)13-31-22-24-20(25-26-22)11-5-15-4-10-18(29-2)19(12-15)30-3/h4-12H,13H2,1-3H3,(H,23,28)(H,24,25,26)/b11-5+. The van der Waals surface area contributed by atoms with Crippen LogP contribution >= 0.6 is 11.8 Å². The highest BCUT2D eigenvalue weighted by Gasteiger charge is 2.08. The minimum atomic E-state index is -0.187. The van der Waals surface area contributed by atoms with Crippen LogP contribution < -0.4 is 14.8 Å². The van der Waals surface area contributed by atoms with Crippen molar-refractivity contribution in [1.29, 1.82) is 0 Å². The first kappa shape index (κ1) is 22.1. The lowest BCUT2D eigenvalue weighted by Crippen LogP contribution is -2.14. The summed E-state index contributed by atoms with van der Waals surface area (Å²) in [5, 5.41) is 10.2. The lowest BCUT2D eigenvalue weighted by molar-refractivity contribution is -0.113. The average molecular weight is 439 g/mol. The maximum absolute atomic E-state index is 12.1. The fourth-order valence-corrected chi connectivity index (χ4v) is 3.25. The van der Waals surface area contributed by atoms with Crippen LogP contribution in [0.3, 0.4) is 0 Å². The molecule has 2 aromatic carbocycles. The molecular weight excluding hydrogens is 416 g/mol. The van der Waals surface area contributed by atoms with Gasteiger partial charge in [0.2, 0.25) is 11.1 Å². The number of aromatic nitrogens is 3. The molecule has 1 heterocycles. The summed E-state index contributed by atoms with van der Waals surface area (Å²) >= 11 is 1.22. The van der Waals surface area contributed by atoms with Crippen LogP contribution in [0.5, 0.6) is 11.5 Å². The lowest BCUT2D eigenvalue weighted by Gasteiger charge is -2.07. The molecule has 0 saturated heterocycles.